The zero-order valence-corrected chi connectivity index (χ0v) is 10.2. The number of nitrogens with two attached hydrogens (primary N) is 1. The molecule has 0 saturated carbocycles. The third kappa shape index (κ3) is 2.20. The average Bonchev–Trinajstić information content (AvgIpc) is 2.72. The van der Waals surface area contributed by atoms with Crippen LogP contribution in [0.15, 0.2) is 6.20 Å². The van der Waals surface area contributed by atoms with Crippen molar-refractivity contribution in [2.45, 2.75) is 38.8 Å². The van der Waals surface area contributed by atoms with Crippen LogP contribution in [0.4, 0.5) is 0 Å². The van der Waals surface area contributed by atoms with Crippen LogP contribution in [0.5, 0.6) is 5.75 Å². The standard InChI is InChI=1S/C11H21N3O2/c1-4-6-14-10(9(16-3)7-13-14)11(15,5-2)8-12/h7,15H,4-6,8,12H2,1-3H3. The molecule has 0 radical (unpaired) electrons. The van der Waals surface area contributed by atoms with Gasteiger partial charge in [0.15, 0.2) is 5.75 Å². The van der Waals surface area contributed by atoms with Crippen LogP contribution in [0.25, 0.3) is 0 Å². The number of rotatable bonds is 6. The number of hydrogen-bond donors (Lipinski definition) is 2. The van der Waals surface area contributed by atoms with Crippen molar-refractivity contribution in [1.82, 2.24) is 9.78 Å². The Morgan fingerprint density at radius 1 is 1.56 bits per heavy atom. The summed E-state index contributed by atoms with van der Waals surface area (Å²) in [5.74, 6) is 0.600. The number of methoxy groups -OCH3 is 1. The van der Waals surface area contributed by atoms with Gasteiger partial charge in [-0.15, -0.1) is 0 Å². The van der Waals surface area contributed by atoms with Crippen LogP contribution >= 0.6 is 0 Å². The molecule has 1 atom stereocenters. The predicted octanol–water partition coefficient (Wildman–Crippen LogP) is 0.858. The predicted molar refractivity (Wildman–Crippen MR) is 62.3 cm³/mol. The maximum atomic E-state index is 10.4. The number of ether oxygens (including phenoxy) is 1. The molecule has 1 aromatic rings. The van der Waals surface area contributed by atoms with Crippen LogP contribution in [0.1, 0.15) is 32.4 Å². The van der Waals surface area contributed by atoms with Gasteiger partial charge < -0.3 is 15.6 Å². The molecule has 92 valence electrons. The molecular weight excluding hydrogens is 206 g/mol. The van der Waals surface area contributed by atoms with Crippen LogP contribution in [0, 0.1) is 0 Å². The summed E-state index contributed by atoms with van der Waals surface area (Å²) in [7, 11) is 1.57. The molecule has 0 aliphatic heterocycles. The topological polar surface area (TPSA) is 73.3 Å². The van der Waals surface area contributed by atoms with E-state index in [1.807, 2.05) is 6.92 Å². The Balaban J connectivity index is 3.20. The highest BCUT2D eigenvalue weighted by molar-refractivity contribution is 5.31. The molecule has 0 amide bonds. The summed E-state index contributed by atoms with van der Waals surface area (Å²) in [5, 5.41) is 14.7. The van der Waals surface area contributed by atoms with Gasteiger partial charge in [0.25, 0.3) is 0 Å². The second-order valence-corrected chi connectivity index (χ2v) is 3.87. The number of hydrogen-bond acceptors (Lipinski definition) is 4. The number of aryl methyl sites for hydroxylation is 1. The first kappa shape index (κ1) is 13.0. The van der Waals surface area contributed by atoms with E-state index in [1.165, 1.54) is 0 Å². The van der Waals surface area contributed by atoms with Gasteiger partial charge in [0.1, 0.15) is 11.3 Å². The fourth-order valence-electron chi connectivity index (χ4n) is 1.78. The van der Waals surface area contributed by atoms with Gasteiger partial charge in [0.2, 0.25) is 0 Å². The Labute approximate surface area is 96.2 Å². The van der Waals surface area contributed by atoms with Gasteiger partial charge in [0, 0.05) is 13.1 Å². The van der Waals surface area contributed by atoms with Gasteiger partial charge in [-0.05, 0) is 12.8 Å². The van der Waals surface area contributed by atoms with Gasteiger partial charge in [-0.2, -0.15) is 5.10 Å². The van der Waals surface area contributed by atoms with Crippen LogP contribution in [0.2, 0.25) is 0 Å². The van der Waals surface area contributed by atoms with Crippen LogP contribution < -0.4 is 10.5 Å². The van der Waals surface area contributed by atoms with Crippen molar-refractivity contribution in [3.8, 4) is 5.75 Å². The van der Waals surface area contributed by atoms with Gasteiger partial charge in [-0.25, -0.2) is 0 Å². The minimum Gasteiger partial charge on any atom is -0.493 e. The molecule has 0 aromatic carbocycles. The van der Waals surface area contributed by atoms with Crippen LogP contribution in [-0.4, -0.2) is 28.5 Å². The van der Waals surface area contributed by atoms with Crippen LogP contribution in [0.3, 0.4) is 0 Å². The van der Waals surface area contributed by atoms with E-state index in [0.29, 0.717) is 17.9 Å². The van der Waals surface area contributed by atoms with E-state index < -0.39 is 5.60 Å². The van der Waals surface area contributed by atoms with Crippen molar-refractivity contribution in [2.75, 3.05) is 13.7 Å². The molecule has 0 fully saturated rings. The summed E-state index contributed by atoms with van der Waals surface area (Å²) in [4.78, 5) is 0. The van der Waals surface area contributed by atoms with Gasteiger partial charge in [0.05, 0.1) is 13.3 Å². The van der Waals surface area contributed by atoms with Crippen LogP contribution in [-0.2, 0) is 12.1 Å². The highest BCUT2D eigenvalue weighted by atomic mass is 16.5. The highest BCUT2D eigenvalue weighted by Gasteiger charge is 2.33. The van der Waals surface area contributed by atoms with Crippen molar-refractivity contribution >= 4 is 0 Å². The molecule has 1 rings (SSSR count). The molecule has 1 unspecified atom stereocenters. The second-order valence-electron chi connectivity index (χ2n) is 3.87. The molecule has 3 N–H and O–H groups in total. The number of aromatic nitrogens is 2. The lowest BCUT2D eigenvalue weighted by Crippen LogP contribution is -2.37. The highest BCUT2D eigenvalue weighted by Crippen LogP contribution is 2.31. The number of nitrogens with zero attached hydrogens (tertiary/aromatic N) is 2. The van der Waals surface area contributed by atoms with E-state index in [1.54, 1.807) is 18.0 Å². The van der Waals surface area contributed by atoms with Gasteiger partial charge in [-0.3, -0.25) is 4.68 Å². The fraction of sp³-hybridized carbons (Fsp3) is 0.727. The van der Waals surface area contributed by atoms with Crippen molar-refractivity contribution in [3.63, 3.8) is 0 Å². The van der Waals surface area contributed by atoms with Crippen molar-refractivity contribution in [1.29, 1.82) is 0 Å². The fourth-order valence-corrected chi connectivity index (χ4v) is 1.78. The van der Waals surface area contributed by atoms with Crippen molar-refractivity contribution < 1.29 is 9.84 Å². The summed E-state index contributed by atoms with van der Waals surface area (Å²) >= 11 is 0. The summed E-state index contributed by atoms with van der Waals surface area (Å²) in [5.41, 5.74) is 5.27. The molecule has 0 saturated heterocycles. The van der Waals surface area contributed by atoms with E-state index in [0.717, 1.165) is 13.0 Å². The Kier molecular flexibility index (Phi) is 4.32. The Morgan fingerprint density at radius 2 is 2.25 bits per heavy atom. The first-order valence-corrected chi connectivity index (χ1v) is 5.65. The van der Waals surface area contributed by atoms with Gasteiger partial charge in [-0.1, -0.05) is 13.8 Å². The van der Waals surface area contributed by atoms with Crippen molar-refractivity contribution in [3.05, 3.63) is 11.9 Å². The third-order valence-corrected chi connectivity index (χ3v) is 2.82. The lowest BCUT2D eigenvalue weighted by Gasteiger charge is -2.26. The number of aliphatic hydroxyl groups is 1. The molecule has 5 nitrogen and oxygen atoms in total. The molecule has 16 heavy (non-hydrogen) atoms. The first-order chi connectivity index (χ1) is 7.62. The molecule has 0 bridgehead atoms. The summed E-state index contributed by atoms with van der Waals surface area (Å²) in [6, 6.07) is 0. The Hall–Kier alpha value is -1.07. The molecule has 1 heterocycles. The normalized spacial score (nSPS) is 14.8. The molecule has 1 aromatic heterocycles. The molecular formula is C11H21N3O2. The zero-order chi connectivity index (χ0) is 12.2. The van der Waals surface area contributed by atoms with Gasteiger partial charge >= 0.3 is 0 Å². The minimum absolute atomic E-state index is 0.162. The second kappa shape index (κ2) is 5.32. The van der Waals surface area contributed by atoms with E-state index >= 15 is 0 Å². The van der Waals surface area contributed by atoms with Crippen molar-refractivity contribution in [2.24, 2.45) is 5.73 Å². The molecule has 0 spiro atoms. The maximum absolute atomic E-state index is 10.4. The summed E-state index contributed by atoms with van der Waals surface area (Å²) < 4.78 is 7.00. The van der Waals surface area contributed by atoms with E-state index in [-0.39, 0.29) is 6.54 Å². The minimum atomic E-state index is -1.06. The largest absolute Gasteiger partial charge is 0.493 e. The lowest BCUT2D eigenvalue weighted by molar-refractivity contribution is 0.0300. The SMILES string of the molecule is CCCn1ncc(OC)c1C(O)(CC)CN. The molecule has 0 aliphatic carbocycles. The maximum Gasteiger partial charge on any atom is 0.162 e. The summed E-state index contributed by atoms with van der Waals surface area (Å²) in [6.07, 6.45) is 3.11. The Morgan fingerprint density at radius 3 is 2.69 bits per heavy atom. The molecule has 5 heteroatoms. The van der Waals surface area contributed by atoms with E-state index in [2.05, 4.69) is 12.0 Å². The smallest absolute Gasteiger partial charge is 0.162 e. The Bertz CT molecular complexity index is 332. The average molecular weight is 227 g/mol. The molecule has 0 aliphatic rings. The quantitative estimate of drug-likeness (QED) is 0.756. The third-order valence-electron chi connectivity index (χ3n) is 2.82. The first-order valence-electron chi connectivity index (χ1n) is 5.65. The summed E-state index contributed by atoms with van der Waals surface area (Å²) in [6.45, 7) is 4.87. The zero-order valence-electron chi connectivity index (χ0n) is 10.2. The lowest BCUT2D eigenvalue weighted by atomic mass is 9.96. The monoisotopic (exact) mass is 227 g/mol. The van der Waals surface area contributed by atoms with E-state index in [9.17, 15) is 5.11 Å². The van der Waals surface area contributed by atoms with E-state index in [4.69, 9.17) is 10.5 Å².